The average Bonchev–Trinajstić information content (AvgIpc) is 2.69. The highest BCUT2D eigenvalue weighted by Gasteiger charge is 2.13. The molecule has 104 valence electrons. The summed E-state index contributed by atoms with van der Waals surface area (Å²) in [5.41, 5.74) is 7.31. The summed E-state index contributed by atoms with van der Waals surface area (Å²) in [6.07, 6.45) is 1.12. The third-order valence-corrected chi connectivity index (χ3v) is 4.89. The van der Waals surface area contributed by atoms with Crippen LogP contribution in [-0.2, 0) is 26.4 Å². The van der Waals surface area contributed by atoms with Crippen LogP contribution in [-0.4, -0.2) is 35.4 Å². The van der Waals surface area contributed by atoms with Crippen LogP contribution in [0.4, 0.5) is 5.69 Å². The van der Waals surface area contributed by atoms with E-state index in [0.29, 0.717) is 22.7 Å². The molecule has 2 rings (SSSR count). The number of para-hydroxylation sites is 1. The number of fused-ring (bicyclic) bond motifs is 1. The Labute approximate surface area is 113 Å². The van der Waals surface area contributed by atoms with E-state index >= 15 is 0 Å². The maximum absolute atomic E-state index is 11.7. The molecule has 0 aliphatic rings. The minimum Gasteiger partial charge on any atom is -0.440 e. The fraction of sp³-hybridized carbons (Fsp3) is 0.364. The van der Waals surface area contributed by atoms with Crippen molar-refractivity contribution in [1.29, 1.82) is 0 Å². The molecule has 1 atom stereocenters. The summed E-state index contributed by atoms with van der Waals surface area (Å²) in [6, 6.07) is 5.17. The summed E-state index contributed by atoms with van der Waals surface area (Å²) >= 11 is 0. The van der Waals surface area contributed by atoms with E-state index in [-0.39, 0.29) is 17.3 Å². The number of nitrogens with two attached hydrogens (primary N) is 1. The molecule has 2 aromatic rings. The standard InChI is InChI=1S/C11H14N2O4S2/c1-19(15,16)6-5-18(14)7-10-13-11-8(12)3-2-4-9(11)17-10/h2-4H,5-7,12H2,1H3. The van der Waals surface area contributed by atoms with E-state index in [1.165, 1.54) is 0 Å². The van der Waals surface area contributed by atoms with Crippen LogP contribution in [0.2, 0.25) is 0 Å². The Morgan fingerprint density at radius 2 is 2.16 bits per heavy atom. The molecule has 1 heterocycles. The fourth-order valence-electron chi connectivity index (χ4n) is 1.53. The second-order valence-electron chi connectivity index (χ2n) is 4.22. The van der Waals surface area contributed by atoms with Crippen LogP contribution < -0.4 is 5.73 Å². The third-order valence-electron chi connectivity index (χ3n) is 2.46. The molecular weight excluding hydrogens is 288 g/mol. The van der Waals surface area contributed by atoms with Gasteiger partial charge in [0.15, 0.2) is 5.58 Å². The number of aromatic nitrogens is 1. The fourth-order valence-corrected chi connectivity index (χ4v) is 4.03. The predicted molar refractivity (Wildman–Crippen MR) is 74.8 cm³/mol. The molecule has 0 aliphatic carbocycles. The Morgan fingerprint density at radius 3 is 2.79 bits per heavy atom. The molecule has 19 heavy (non-hydrogen) atoms. The lowest BCUT2D eigenvalue weighted by atomic mass is 10.3. The Kier molecular flexibility index (Phi) is 3.91. The molecule has 0 radical (unpaired) electrons. The zero-order chi connectivity index (χ0) is 14.0. The van der Waals surface area contributed by atoms with Gasteiger partial charge in [0.25, 0.3) is 0 Å². The van der Waals surface area contributed by atoms with Gasteiger partial charge < -0.3 is 10.2 Å². The molecule has 8 heteroatoms. The number of oxazole rings is 1. The Balaban J connectivity index is 2.09. The van der Waals surface area contributed by atoms with E-state index in [0.717, 1.165) is 6.26 Å². The van der Waals surface area contributed by atoms with Crippen molar-refractivity contribution in [2.45, 2.75) is 5.75 Å². The molecule has 1 aromatic heterocycles. The molecule has 0 amide bonds. The van der Waals surface area contributed by atoms with Gasteiger partial charge in [-0.1, -0.05) is 6.07 Å². The summed E-state index contributed by atoms with van der Waals surface area (Å²) in [7, 11) is -4.43. The lowest BCUT2D eigenvalue weighted by Crippen LogP contribution is -2.12. The van der Waals surface area contributed by atoms with Gasteiger partial charge in [0.2, 0.25) is 5.89 Å². The van der Waals surface area contributed by atoms with Crippen LogP contribution in [0.25, 0.3) is 11.1 Å². The van der Waals surface area contributed by atoms with Crippen molar-refractivity contribution in [3.63, 3.8) is 0 Å². The number of nitrogen functional groups attached to an aromatic ring is 1. The third kappa shape index (κ3) is 3.77. The van der Waals surface area contributed by atoms with E-state index in [1.807, 2.05) is 0 Å². The molecule has 0 bridgehead atoms. The minimum atomic E-state index is -3.11. The van der Waals surface area contributed by atoms with Crippen LogP contribution in [0, 0.1) is 0 Å². The quantitative estimate of drug-likeness (QED) is 0.816. The zero-order valence-corrected chi connectivity index (χ0v) is 12.0. The van der Waals surface area contributed by atoms with Crippen molar-refractivity contribution in [2.24, 2.45) is 0 Å². The molecule has 2 N–H and O–H groups in total. The van der Waals surface area contributed by atoms with Crippen molar-refractivity contribution in [3.8, 4) is 0 Å². The first-order chi connectivity index (χ1) is 8.85. The maximum Gasteiger partial charge on any atom is 0.208 e. The second-order valence-corrected chi connectivity index (χ2v) is 8.06. The summed E-state index contributed by atoms with van der Waals surface area (Å²) in [6.45, 7) is 0. The molecule has 1 aromatic carbocycles. The van der Waals surface area contributed by atoms with Gasteiger partial charge in [-0.05, 0) is 12.1 Å². The van der Waals surface area contributed by atoms with Crippen molar-refractivity contribution in [3.05, 3.63) is 24.1 Å². The van der Waals surface area contributed by atoms with Gasteiger partial charge in [-0.15, -0.1) is 0 Å². The number of benzene rings is 1. The number of rotatable bonds is 5. The number of anilines is 1. The molecule has 0 saturated carbocycles. The molecule has 1 unspecified atom stereocenters. The van der Waals surface area contributed by atoms with Gasteiger partial charge in [0.1, 0.15) is 21.1 Å². The number of hydrogen-bond acceptors (Lipinski definition) is 6. The van der Waals surface area contributed by atoms with Crippen LogP contribution in [0.15, 0.2) is 22.6 Å². The first kappa shape index (κ1) is 14.0. The van der Waals surface area contributed by atoms with E-state index in [2.05, 4.69) is 4.98 Å². The van der Waals surface area contributed by atoms with E-state index in [9.17, 15) is 12.6 Å². The number of hydrogen-bond donors (Lipinski definition) is 1. The summed E-state index contributed by atoms with van der Waals surface area (Å²) in [4.78, 5) is 4.16. The Morgan fingerprint density at radius 1 is 1.42 bits per heavy atom. The van der Waals surface area contributed by atoms with Gasteiger partial charge >= 0.3 is 0 Å². The van der Waals surface area contributed by atoms with Crippen molar-refractivity contribution >= 4 is 37.4 Å². The Hall–Kier alpha value is -1.41. The van der Waals surface area contributed by atoms with E-state index in [4.69, 9.17) is 10.2 Å². The largest absolute Gasteiger partial charge is 0.440 e. The zero-order valence-electron chi connectivity index (χ0n) is 10.3. The molecule has 0 fully saturated rings. The van der Waals surface area contributed by atoms with Crippen molar-refractivity contribution in [2.75, 3.05) is 23.5 Å². The Bertz CT molecular complexity index is 721. The first-order valence-corrected chi connectivity index (χ1v) is 9.06. The monoisotopic (exact) mass is 302 g/mol. The second kappa shape index (κ2) is 5.30. The maximum atomic E-state index is 11.7. The van der Waals surface area contributed by atoms with Crippen LogP contribution in [0.3, 0.4) is 0 Å². The number of nitrogens with zero attached hydrogens (tertiary/aromatic N) is 1. The van der Waals surface area contributed by atoms with Gasteiger partial charge in [0, 0.05) is 22.8 Å². The highest BCUT2D eigenvalue weighted by molar-refractivity contribution is 7.92. The van der Waals surface area contributed by atoms with E-state index < -0.39 is 20.6 Å². The molecule has 0 spiro atoms. The normalized spacial score (nSPS) is 13.7. The smallest absolute Gasteiger partial charge is 0.208 e. The molecular formula is C11H14N2O4S2. The predicted octanol–water partition coefficient (Wildman–Crippen LogP) is 0.703. The minimum absolute atomic E-state index is 0.0764. The van der Waals surface area contributed by atoms with Crippen LogP contribution >= 0.6 is 0 Å². The molecule has 0 aliphatic heterocycles. The van der Waals surface area contributed by atoms with Gasteiger partial charge in [0.05, 0.1) is 11.4 Å². The highest BCUT2D eigenvalue weighted by Crippen LogP contribution is 2.21. The van der Waals surface area contributed by atoms with Crippen molar-refractivity contribution in [1.82, 2.24) is 4.98 Å². The summed E-state index contributed by atoms with van der Waals surface area (Å²) < 4.78 is 39.1. The average molecular weight is 302 g/mol. The van der Waals surface area contributed by atoms with Crippen LogP contribution in [0.5, 0.6) is 0 Å². The lowest BCUT2D eigenvalue weighted by Gasteiger charge is -1.97. The van der Waals surface area contributed by atoms with Gasteiger partial charge in [-0.25, -0.2) is 13.4 Å². The molecule has 6 nitrogen and oxygen atoms in total. The lowest BCUT2D eigenvalue weighted by molar-refractivity contribution is 0.552. The van der Waals surface area contributed by atoms with Gasteiger partial charge in [-0.3, -0.25) is 4.21 Å². The topological polar surface area (TPSA) is 103 Å². The van der Waals surface area contributed by atoms with E-state index in [1.54, 1.807) is 18.2 Å². The van der Waals surface area contributed by atoms with Gasteiger partial charge in [-0.2, -0.15) is 0 Å². The summed E-state index contributed by atoms with van der Waals surface area (Å²) in [5, 5.41) is 0. The first-order valence-electron chi connectivity index (χ1n) is 5.52. The highest BCUT2D eigenvalue weighted by atomic mass is 32.2. The number of sulfone groups is 1. The van der Waals surface area contributed by atoms with Crippen LogP contribution in [0.1, 0.15) is 5.89 Å². The molecule has 0 saturated heterocycles. The SMILES string of the molecule is CS(=O)(=O)CCS(=O)Cc1nc2c(N)cccc2o1. The van der Waals surface area contributed by atoms with Crippen molar-refractivity contribution < 1.29 is 17.0 Å². The summed E-state index contributed by atoms with van der Waals surface area (Å²) in [5.74, 6) is 0.360.